The molecule has 28 heavy (non-hydrogen) atoms. The first-order valence-corrected chi connectivity index (χ1v) is 11.3. The van der Waals surface area contributed by atoms with Gasteiger partial charge in [0, 0.05) is 5.69 Å². The van der Waals surface area contributed by atoms with Crippen molar-refractivity contribution in [2.24, 2.45) is 0 Å². The summed E-state index contributed by atoms with van der Waals surface area (Å²) in [6, 6.07) is 20.3. The molecule has 3 aromatic carbocycles. The largest absolute Gasteiger partial charge is 0.368 e. The average molecular weight is 397 g/mol. The quantitative estimate of drug-likeness (QED) is 0.423. The van der Waals surface area contributed by atoms with Crippen LogP contribution < -0.4 is 5.32 Å². The third-order valence-electron chi connectivity index (χ3n) is 4.58. The minimum Gasteiger partial charge on any atom is -0.368 e. The van der Waals surface area contributed by atoms with Gasteiger partial charge in [-0.1, -0.05) is 48.5 Å². The van der Waals surface area contributed by atoms with Crippen LogP contribution in [0.4, 0.5) is 5.69 Å². The maximum absolute atomic E-state index is 13.8. The van der Waals surface area contributed by atoms with Gasteiger partial charge in [-0.05, 0) is 67.3 Å². The van der Waals surface area contributed by atoms with Crippen LogP contribution in [-0.4, -0.2) is 13.2 Å². The smallest absolute Gasteiger partial charge is 0.357 e. The molecule has 4 nitrogen and oxygen atoms in total. The van der Waals surface area contributed by atoms with Crippen LogP contribution in [-0.2, 0) is 13.6 Å². The Morgan fingerprint density at radius 3 is 2.14 bits per heavy atom. The fraction of sp³-hybridized carbons (Fsp3) is 0.304. The second kappa shape index (κ2) is 8.91. The number of hydrogen-bond acceptors (Lipinski definition) is 4. The van der Waals surface area contributed by atoms with Gasteiger partial charge < -0.3 is 14.4 Å². The van der Waals surface area contributed by atoms with Gasteiger partial charge in [0.25, 0.3) is 0 Å². The van der Waals surface area contributed by atoms with E-state index < -0.39 is 13.4 Å². The van der Waals surface area contributed by atoms with Gasteiger partial charge >= 0.3 is 7.60 Å². The lowest BCUT2D eigenvalue weighted by Gasteiger charge is -2.29. The lowest BCUT2D eigenvalue weighted by Crippen LogP contribution is -2.16. The first-order chi connectivity index (χ1) is 13.5. The highest BCUT2D eigenvalue weighted by molar-refractivity contribution is 7.54. The Morgan fingerprint density at radius 1 is 0.893 bits per heavy atom. The predicted molar refractivity (Wildman–Crippen MR) is 117 cm³/mol. The molecule has 0 aliphatic carbocycles. The van der Waals surface area contributed by atoms with E-state index in [-0.39, 0.29) is 0 Å². The lowest BCUT2D eigenvalue weighted by atomic mass is 10.0. The number of fused-ring (bicyclic) bond motifs is 1. The van der Waals surface area contributed by atoms with Crippen LogP contribution in [0.25, 0.3) is 10.8 Å². The highest BCUT2D eigenvalue weighted by atomic mass is 31.2. The molecule has 0 amide bonds. The van der Waals surface area contributed by atoms with Crippen molar-refractivity contribution in [3.8, 4) is 0 Å². The summed E-state index contributed by atoms with van der Waals surface area (Å²) in [4.78, 5) is 0. The number of nitrogens with one attached hydrogen (secondary N) is 1. The zero-order valence-corrected chi connectivity index (χ0v) is 17.8. The van der Waals surface area contributed by atoms with Crippen LogP contribution in [0.15, 0.2) is 60.7 Å². The van der Waals surface area contributed by atoms with Gasteiger partial charge in [-0.25, -0.2) is 0 Å². The van der Waals surface area contributed by atoms with Gasteiger partial charge in [0.1, 0.15) is 0 Å². The summed E-state index contributed by atoms with van der Waals surface area (Å²) >= 11 is 0. The Kier molecular flexibility index (Phi) is 6.56. The minimum absolute atomic E-state index is 0.313. The summed E-state index contributed by atoms with van der Waals surface area (Å²) in [5.41, 5.74) is 4.08. The minimum atomic E-state index is -3.46. The van der Waals surface area contributed by atoms with Crippen molar-refractivity contribution >= 4 is 24.1 Å². The van der Waals surface area contributed by atoms with Crippen LogP contribution in [0.5, 0.6) is 0 Å². The molecule has 0 aliphatic heterocycles. The van der Waals surface area contributed by atoms with Gasteiger partial charge in [0.05, 0.1) is 13.2 Å². The summed E-state index contributed by atoms with van der Waals surface area (Å²) in [6.45, 7) is 8.40. The van der Waals surface area contributed by atoms with Crippen molar-refractivity contribution in [1.29, 1.82) is 0 Å². The number of hydrogen-bond donors (Lipinski definition) is 1. The number of benzene rings is 3. The van der Waals surface area contributed by atoms with E-state index in [4.69, 9.17) is 9.05 Å². The number of aryl methyl sites for hydroxylation is 2. The van der Waals surface area contributed by atoms with Crippen LogP contribution in [0.3, 0.4) is 0 Å². The fourth-order valence-electron chi connectivity index (χ4n) is 3.58. The fourth-order valence-corrected chi connectivity index (χ4v) is 5.54. The maximum atomic E-state index is 13.8. The lowest BCUT2D eigenvalue weighted by molar-refractivity contribution is 0.214. The zero-order chi connectivity index (χ0) is 20.1. The van der Waals surface area contributed by atoms with Crippen molar-refractivity contribution < 1.29 is 13.6 Å². The molecule has 5 heteroatoms. The van der Waals surface area contributed by atoms with E-state index in [9.17, 15) is 4.57 Å². The summed E-state index contributed by atoms with van der Waals surface area (Å²) in [6.07, 6.45) is 0. The number of rotatable bonds is 8. The molecule has 148 valence electrons. The summed E-state index contributed by atoms with van der Waals surface area (Å²) < 4.78 is 25.3. The highest BCUT2D eigenvalue weighted by Gasteiger charge is 2.38. The molecule has 0 spiro atoms. The van der Waals surface area contributed by atoms with Crippen molar-refractivity contribution in [1.82, 2.24) is 0 Å². The Bertz CT molecular complexity index is 967. The van der Waals surface area contributed by atoms with E-state index in [0.717, 1.165) is 33.2 Å². The normalized spacial score (nSPS) is 12.9. The van der Waals surface area contributed by atoms with Gasteiger partial charge in [-0.3, -0.25) is 4.57 Å². The van der Waals surface area contributed by atoms with E-state index >= 15 is 0 Å². The van der Waals surface area contributed by atoms with Gasteiger partial charge in [-0.2, -0.15) is 0 Å². The third kappa shape index (κ3) is 4.47. The number of anilines is 1. The van der Waals surface area contributed by atoms with Crippen molar-refractivity contribution in [2.45, 2.75) is 33.5 Å². The van der Waals surface area contributed by atoms with Gasteiger partial charge in [0.15, 0.2) is 5.78 Å². The molecule has 1 unspecified atom stereocenters. The van der Waals surface area contributed by atoms with Gasteiger partial charge in [0.2, 0.25) is 0 Å². The molecule has 1 N–H and O–H groups in total. The maximum Gasteiger partial charge on any atom is 0.357 e. The zero-order valence-electron chi connectivity index (χ0n) is 16.9. The SMILES string of the molecule is CCOP(=O)(OCC)C(Nc1cc(C)cc(C)c1)c1cccc2ccccc12. The van der Waals surface area contributed by atoms with Crippen LogP contribution in [0.1, 0.15) is 36.3 Å². The Morgan fingerprint density at radius 2 is 1.50 bits per heavy atom. The van der Waals surface area contributed by atoms with Crippen molar-refractivity contribution in [2.75, 3.05) is 18.5 Å². The van der Waals surface area contributed by atoms with E-state index in [1.54, 1.807) is 0 Å². The highest BCUT2D eigenvalue weighted by Crippen LogP contribution is 2.61. The third-order valence-corrected chi connectivity index (χ3v) is 6.85. The Hall–Kier alpha value is -2.13. The first kappa shape index (κ1) is 20.6. The molecule has 0 aromatic heterocycles. The van der Waals surface area contributed by atoms with Crippen LogP contribution in [0, 0.1) is 13.8 Å². The molecule has 0 saturated heterocycles. The molecular weight excluding hydrogens is 369 g/mol. The molecule has 0 heterocycles. The average Bonchev–Trinajstić information content (AvgIpc) is 2.65. The predicted octanol–water partition coefficient (Wildman–Crippen LogP) is 6.83. The molecule has 0 radical (unpaired) electrons. The Balaban J connectivity index is 2.17. The molecule has 0 fully saturated rings. The van der Waals surface area contributed by atoms with Crippen LogP contribution in [0.2, 0.25) is 0 Å². The molecule has 3 rings (SSSR count). The van der Waals surface area contributed by atoms with Crippen LogP contribution >= 0.6 is 7.60 Å². The second-order valence-corrected chi connectivity index (χ2v) is 8.98. The van der Waals surface area contributed by atoms with E-state index in [0.29, 0.717) is 13.2 Å². The van der Waals surface area contributed by atoms with Gasteiger partial charge in [-0.15, -0.1) is 0 Å². The molecule has 1 atom stereocenters. The van der Waals surface area contributed by atoms with E-state index in [1.165, 1.54) is 0 Å². The summed E-state index contributed by atoms with van der Waals surface area (Å²) in [5.74, 6) is -0.611. The van der Waals surface area contributed by atoms with E-state index in [2.05, 4.69) is 37.4 Å². The molecular formula is C23H28NO3P. The first-order valence-electron chi connectivity index (χ1n) is 9.68. The van der Waals surface area contributed by atoms with E-state index in [1.807, 2.05) is 56.3 Å². The monoisotopic (exact) mass is 397 g/mol. The van der Waals surface area contributed by atoms with Crippen molar-refractivity contribution in [3.63, 3.8) is 0 Å². The van der Waals surface area contributed by atoms with Crippen molar-refractivity contribution in [3.05, 3.63) is 77.4 Å². The summed E-state index contributed by atoms with van der Waals surface area (Å²) in [7, 11) is -3.46. The molecule has 0 saturated carbocycles. The standard InChI is InChI=1S/C23H28NO3P/c1-5-26-28(25,27-6-2)23(24-20-15-17(3)14-18(4)16-20)22-13-9-11-19-10-7-8-12-21(19)22/h7-16,23-24H,5-6H2,1-4H3. The summed E-state index contributed by atoms with van der Waals surface area (Å²) in [5, 5.41) is 5.59. The topological polar surface area (TPSA) is 47.6 Å². The second-order valence-electron chi connectivity index (χ2n) is 6.87. The Labute approximate surface area is 167 Å². The molecule has 0 bridgehead atoms. The molecule has 3 aromatic rings. The molecule has 0 aliphatic rings.